The Morgan fingerprint density at radius 1 is 1.26 bits per heavy atom. The van der Waals surface area contributed by atoms with Crippen LogP contribution in [0.4, 0.5) is 4.39 Å². The van der Waals surface area contributed by atoms with Crippen molar-refractivity contribution in [2.45, 2.75) is 58.4 Å². The van der Waals surface area contributed by atoms with Gasteiger partial charge in [0, 0.05) is 6.04 Å². The molecule has 1 nitrogen and oxygen atoms in total. The largest absolute Gasteiger partial charge is 0.314 e. The van der Waals surface area contributed by atoms with Gasteiger partial charge in [-0.2, -0.15) is 0 Å². The van der Waals surface area contributed by atoms with Gasteiger partial charge in [-0.15, -0.1) is 0 Å². The molecule has 0 bridgehead atoms. The van der Waals surface area contributed by atoms with Gasteiger partial charge >= 0.3 is 0 Å². The average molecular weight is 263 g/mol. The maximum atomic E-state index is 13.4. The van der Waals surface area contributed by atoms with Crippen LogP contribution in [0.2, 0.25) is 0 Å². The lowest BCUT2D eigenvalue weighted by Gasteiger charge is -2.21. The molecule has 1 aliphatic rings. The van der Waals surface area contributed by atoms with Crippen molar-refractivity contribution in [2.24, 2.45) is 5.92 Å². The molecule has 1 aromatic carbocycles. The van der Waals surface area contributed by atoms with Gasteiger partial charge in [0.05, 0.1) is 0 Å². The van der Waals surface area contributed by atoms with Gasteiger partial charge in [0.1, 0.15) is 5.82 Å². The normalized spacial score (nSPS) is 24.2. The Morgan fingerprint density at radius 2 is 2.05 bits per heavy atom. The zero-order valence-electron chi connectivity index (χ0n) is 12.2. The molecule has 1 aromatic rings. The number of halogens is 1. The zero-order chi connectivity index (χ0) is 13.7. The van der Waals surface area contributed by atoms with E-state index >= 15 is 0 Å². The summed E-state index contributed by atoms with van der Waals surface area (Å²) < 4.78 is 13.4. The monoisotopic (exact) mass is 263 g/mol. The number of nitrogens with one attached hydrogen (secondary N) is 1. The second-order valence-corrected chi connectivity index (χ2v) is 5.92. The van der Waals surface area contributed by atoms with Crippen LogP contribution in [-0.4, -0.2) is 12.6 Å². The highest BCUT2D eigenvalue weighted by Gasteiger charge is 2.20. The maximum Gasteiger partial charge on any atom is 0.123 e. The fourth-order valence-electron chi connectivity index (χ4n) is 3.29. The van der Waals surface area contributed by atoms with Crippen LogP contribution in [0, 0.1) is 18.7 Å². The molecule has 19 heavy (non-hydrogen) atoms. The van der Waals surface area contributed by atoms with Crippen molar-refractivity contribution in [1.29, 1.82) is 0 Å². The van der Waals surface area contributed by atoms with E-state index in [9.17, 15) is 4.39 Å². The van der Waals surface area contributed by atoms with E-state index in [0.29, 0.717) is 12.0 Å². The summed E-state index contributed by atoms with van der Waals surface area (Å²) in [5, 5.41) is 3.59. The summed E-state index contributed by atoms with van der Waals surface area (Å²) in [6.07, 6.45) is 7.51. The summed E-state index contributed by atoms with van der Waals surface area (Å²) in [6, 6.07) is 5.85. The highest BCUT2D eigenvalue weighted by atomic mass is 19.1. The van der Waals surface area contributed by atoms with E-state index in [0.717, 1.165) is 13.0 Å². The Hall–Kier alpha value is -0.890. The Bertz CT molecular complexity index is 402. The van der Waals surface area contributed by atoms with Gasteiger partial charge in [0.25, 0.3) is 0 Å². The highest BCUT2D eigenvalue weighted by Crippen LogP contribution is 2.27. The van der Waals surface area contributed by atoms with Crippen molar-refractivity contribution < 1.29 is 4.39 Å². The molecular formula is C17H26FN. The topological polar surface area (TPSA) is 12.0 Å². The first-order valence-electron chi connectivity index (χ1n) is 7.67. The molecule has 2 atom stereocenters. The minimum absolute atomic E-state index is 0.0996. The third kappa shape index (κ3) is 4.31. The standard InChI is InChI=1S/C17H26FN/c1-3-19-17-7-5-4-6-14(11-17)10-15-12-16(18)9-8-13(15)2/h8-9,12,14,17,19H,3-7,10-11H2,1-2H3. The highest BCUT2D eigenvalue weighted by molar-refractivity contribution is 5.27. The first-order chi connectivity index (χ1) is 9.19. The minimum Gasteiger partial charge on any atom is -0.314 e. The molecule has 1 fully saturated rings. The lowest BCUT2D eigenvalue weighted by Crippen LogP contribution is -2.30. The molecule has 2 heteroatoms. The number of hydrogen-bond acceptors (Lipinski definition) is 1. The molecule has 0 aromatic heterocycles. The maximum absolute atomic E-state index is 13.4. The van der Waals surface area contributed by atoms with Crippen molar-refractivity contribution in [2.75, 3.05) is 6.54 Å². The Balaban J connectivity index is 2.02. The quantitative estimate of drug-likeness (QED) is 0.801. The van der Waals surface area contributed by atoms with E-state index in [1.54, 1.807) is 12.1 Å². The number of hydrogen-bond donors (Lipinski definition) is 1. The molecule has 0 saturated heterocycles. The summed E-state index contributed by atoms with van der Waals surface area (Å²) in [5.74, 6) is 0.601. The summed E-state index contributed by atoms with van der Waals surface area (Å²) in [4.78, 5) is 0. The van der Waals surface area contributed by atoms with Crippen molar-refractivity contribution in [3.8, 4) is 0 Å². The van der Waals surface area contributed by atoms with E-state index in [-0.39, 0.29) is 5.82 Å². The van der Waals surface area contributed by atoms with Crippen LogP contribution in [0.15, 0.2) is 18.2 Å². The van der Waals surface area contributed by atoms with Crippen molar-refractivity contribution >= 4 is 0 Å². The van der Waals surface area contributed by atoms with Crippen molar-refractivity contribution in [1.82, 2.24) is 5.32 Å². The predicted octanol–water partition coefficient (Wildman–Crippen LogP) is 4.24. The summed E-state index contributed by atoms with van der Waals surface area (Å²) >= 11 is 0. The van der Waals surface area contributed by atoms with Crippen LogP contribution >= 0.6 is 0 Å². The Labute approximate surface area is 116 Å². The van der Waals surface area contributed by atoms with E-state index in [2.05, 4.69) is 19.2 Å². The fraction of sp³-hybridized carbons (Fsp3) is 0.647. The average Bonchev–Trinajstić information content (AvgIpc) is 2.60. The van der Waals surface area contributed by atoms with Crippen LogP contribution in [0.25, 0.3) is 0 Å². The van der Waals surface area contributed by atoms with Gasteiger partial charge in [0.15, 0.2) is 0 Å². The van der Waals surface area contributed by atoms with Gasteiger partial charge in [-0.3, -0.25) is 0 Å². The number of aryl methyl sites for hydroxylation is 1. The van der Waals surface area contributed by atoms with Crippen LogP contribution in [-0.2, 0) is 6.42 Å². The Kier molecular flexibility index (Phi) is 5.38. The first kappa shape index (κ1) is 14.5. The molecule has 1 aliphatic carbocycles. The lowest BCUT2D eigenvalue weighted by molar-refractivity contribution is 0.388. The van der Waals surface area contributed by atoms with Crippen LogP contribution in [0.1, 0.15) is 50.2 Å². The predicted molar refractivity (Wildman–Crippen MR) is 78.9 cm³/mol. The van der Waals surface area contributed by atoms with Crippen molar-refractivity contribution in [3.63, 3.8) is 0 Å². The summed E-state index contributed by atoms with van der Waals surface area (Å²) in [7, 11) is 0. The molecule has 106 valence electrons. The zero-order valence-corrected chi connectivity index (χ0v) is 12.2. The molecular weight excluding hydrogens is 237 g/mol. The van der Waals surface area contributed by atoms with Crippen LogP contribution < -0.4 is 5.32 Å². The molecule has 0 heterocycles. The molecule has 2 unspecified atom stereocenters. The number of benzene rings is 1. The minimum atomic E-state index is -0.0996. The van der Waals surface area contributed by atoms with E-state index < -0.39 is 0 Å². The van der Waals surface area contributed by atoms with E-state index in [4.69, 9.17) is 0 Å². The fourth-order valence-corrected chi connectivity index (χ4v) is 3.29. The lowest BCUT2D eigenvalue weighted by atomic mass is 9.89. The summed E-state index contributed by atoms with van der Waals surface area (Å²) in [6.45, 7) is 5.32. The second-order valence-electron chi connectivity index (χ2n) is 5.92. The third-order valence-corrected chi connectivity index (χ3v) is 4.35. The van der Waals surface area contributed by atoms with E-state index in [1.807, 2.05) is 6.07 Å². The smallest absolute Gasteiger partial charge is 0.123 e. The molecule has 0 amide bonds. The molecule has 0 radical (unpaired) electrons. The molecule has 1 N–H and O–H groups in total. The van der Waals surface area contributed by atoms with Gasteiger partial charge in [0.2, 0.25) is 0 Å². The Morgan fingerprint density at radius 3 is 2.84 bits per heavy atom. The second kappa shape index (κ2) is 7.04. The van der Waals surface area contributed by atoms with Gasteiger partial charge in [-0.25, -0.2) is 4.39 Å². The summed E-state index contributed by atoms with van der Waals surface area (Å²) in [5.41, 5.74) is 2.42. The molecule has 0 aliphatic heterocycles. The van der Waals surface area contributed by atoms with Gasteiger partial charge in [-0.1, -0.05) is 32.3 Å². The van der Waals surface area contributed by atoms with Crippen LogP contribution in [0.3, 0.4) is 0 Å². The van der Waals surface area contributed by atoms with E-state index in [1.165, 1.54) is 43.2 Å². The van der Waals surface area contributed by atoms with Crippen molar-refractivity contribution in [3.05, 3.63) is 35.1 Å². The van der Waals surface area contributed by atoms with Gasteiger partial charge in [-0.05, 0) is 61.9 Å². The van der Waals surface area contributed by atoms with Gasteiger partial charge < -0.3 is 5.32 Å². The molecule has 0 spiro atoms. The SMILES string of the molecule is CCNC1CCCCC(Cc2cc(F)ccc2C)C1. The molecule has 2 rings (SSSR count). The molecule has 1 saturated carbocycles. The number of rotatable bonds is 4. The van der Waals surface area contributed by atoms with Crippen LogP contribution in [0.5, 0.6) is 0 Å². The first-order valence-corrected chi connectivity index (χ1v) is 7.67. The third-order valence-electron chi connectivity index (χ3n) is 4.35.